The maximum atomic E-state index is 13.1. The lowest BCUT2D eigenvalue weighted by atomic mass is 9.81. The van der Waals surface area contributed by atoms with E-state index < -0.39 is 0 Å². The molecule has 4 rings (SSSR count). The van der Waals surface area contributed by atoms with Crippen molar-refractivity contribution in [3.05, 3.63) is 30.1 Å². The number of hydrogen-bond donors (Lipinski definition) is 2. The lowest BCUT2D eigenvalue weighted by Crippen LogP contribution is -2.47. The number of likely N-dealkylation sites (tertiary alicyclic amines) is 1. The summed E-state index contributed by atoms with van der Waals surface area (Å²) in [7, 11) is 0. The van der Waals surface area contributed by atoms with Crippen LogP contribution in [0.4, 0.5) is 0 Å². The van der Waals surface area contributed by atoms with Crippen LogP contribution in [-0.2, 0) is 4.79 Å². The molecule has 0 bridgehead atoms. The van der Waals surface area contributed by atoms with Crippen LogP contribution in [0.5, 0.6) is 0 Å². The van der Waals surface area contributed by atoms with E-state index in [1.807, 2.05) is 24.4 Å². The Morgan fingerprint density at radius 1 is 1.14 bits per heavy atom. The standard InChI is InChI=1S/C17H24N4O/c22-17(16-12-6-1-2-7-13(12)19-20-16)21-11-5-9-15(21)14-8-3-4-10-18-14/h3-4,8,10,12-13,15-16,19-20H,1-2,5-7,9,11H2. The van der Waals surface area contributed by atoms with E-state index in [2.05, 4.69) is 20.7 Å². The van der Waals surface area contributed by atoms with Crippen LogP contribution in [0.3, 0.4) is 0 Å². The van der Waals surface area contributed by atoms with Crippen LogP contribution in [0, 0.1) is 5.92 Å². The minimum atomic E-state index is -0.0605. The van der Waals surface area contributed by atoms with Crippen molar-refractivity contribution in [3.63, 3.8) is 0 Å². The number of fused-ring (bicyclic) bond motifs is 1. The van der Waals surface area contributed by atoms with Gasteiger partial charge < -0.3 is 4.90 Å². The highest BCUT2D eigenvalue weighted by Crippen LogP contribution is 2.35. The fourth-order valence-corrected chi connectivity index (χ4v) is 4.38. The summed E-state index contributed by atoms with van der Waals surface area (Å²) in [5, 5.41) is 0. The van der Waals surface area contributed by atoms with E-state index in [0.717, 1.165) is 31.5 Å². The second kappa shape index (κ2) is 5.97. The van der Waals surface area contributed by atoms with Gasteiger partial charge in [-0.2, -0.15) is 0 Å². The second-order valence-corrected chi connectivity index (χ2v) is 6.77. The van der Waals surface area contributed by atoms with Gasteiger partial charge in [-0.15, -0.1) is 0 Å². The molecule has 1 aromatic rings. The number of carbonyl (C=O) groups is 1. The lowest BCUT2D eigenvalue weighted by Gasteiger charge is -2.31. The number of nitrogens with one attached hydrogen (secondary N) is 2. The third-order valence-electron chi connectivity index (χ3n) is 5.50. The normalized spacial score (nSPS) is 34.6. The third-order valence-corrected chi connectivity index (χ3v) is 5.50. The first kappa shape index (κ1) is 14.2. The smallest absolute Gasteiger partial charge is 0.241 e. The van der Waals surface area contributed by atoms with Gasteiger partial charge in [0.15, 0.2) is 0 Å². The first-order valence-corrected chi connectivity index (χ1v) is 8.57. The second-order valence-electron chi connectivity index (χ2n) is 6.77. The SMILES string of the molecule is O=C(C1NNC2CCCCC21)N1CCCC1c1ccccn1. The van der Waals surface area contributed by atoms with Crippen molar-refractivity contribution in [2.45, 2.75) is 56.7 Å². The van der Waals surface area contributed by atoms with E-state index in [4.69, 9.17) is 0 Å². The van der Waals surface area contributed by atoms with Crippen molar-refractivity contribution in [1.29, 1.82) is 0 Å². The average Bonchev–Trinajstić information content (AvgIpc) is 3.22. The van der Waals surface area contributed by atoms with Crippen LogP contribution in [-0.4, -0.2) is 34.4 Å². The molecule has 0 aromatic carbocycles. The van der Waals surface area contributed by atoms with E-state index >= 15 is 0 Å². The van der Waals surface area contributed by atoms with Crippen LogP contribution in [0.25, 0.3) is 0 Å². The summed E-state index contributed by atoms with van der Waals surface area (Å²) in [6.07, 6.45) is 8.78. The fourth-order valence-electron chi connectivity index (χ4n) is 4.38. The topological polar surface area (TPSA) is 57.3 Å². The molecule has 1 aliphatic carbocycles. The molecule has 0 spiro atoms. The maximum Gasteiger partial charge on any atom is 0.241 e. The molecule has 4 atom stereocenters. The number of rotatable bonds is 2. The van der Waals surface area contributed by atoms with Crippen molar-refractivity contribution < 1.29 is 4.79 Å². The molecule has 2 saturated heterocycles. The Balaban J connectivity index is 1.52. The molecule has 2 N–H and O–H groups in total. The van der Waals surface area contributed by atoms with Crippen molar-refractivity contribution >= 4 is 5.91 Å². The highest BCUT2D eigenvalue weighted by atomic mass is 16.2. The van der Waals surface area contributed by atoms with Crippen LogP contribution in [0.2, 0.25) is 0 Å². The monoisotopic (exact) mass is 300 g/mol. The molecule has 5 nitrogen and oxygen atoms in total. The summed E-state index contributed by atoms with van der Waals surface area (Å²) in [6, 6.07) is 6.54. The lowest BCUT2D eigenvalue weighted by molar-refractivity contribution is -0.135. The van der Waals surface area contributed by atoms with E-state index in [-0.39, 0.29) is 18.0 Å². The van der Waals surface area contributed by atoms with Crippen molar-refractivity contribution in [3.8, 4) is 0 Å². The summed E-state index contributed by atoms with van der Waals surface area (Å²) < 4.78 is 0. The van der Waals surface area contributed by atoms with Crippen molar-refractivity contribution in [2.24, 2.45) is 5.92 Å². The molecule has 3 aliphatic rings. The molecule has 5 heteroatoms. The fraction of sp³-hybridized carbons (Fsp3) is 0.647. The molecule has 1 amide bonds. The van der Waals surface area contributed by atoms with Crippen LogP contribution in [0.1, 0.15) is 50.3 Å². The van der Waals surface area contributed by atoms with Gasteiger partial charge in [-0.05, 0) is 37.8 Å². The van der Waals surface area contributed by atoms with Gasteiger partial charge in [0.05, 0.1) is 11.7 Å². The van der Waals surface area contributed by atoms with Gasteiger partial charge in [0.2, 0.25) is 5.91 Å². The number of amides is 1. The third kappa shape index (κ3) is 2.42. The van der Waals surface area contributed by atoms with Crippen LogP contribution in [0.15, 0.2) is 24.4 Å². The maximum absolute atomic E-state index is 13.1. The zero-order chi connectivity index (χ0) is 14.9. The summed E-state index contributed by atoms with van der Waals surface area (Å²) in [4.78, 5) is 19.6. The van der Waals surface area contributed by atoms with Gasteiger partial charge in [0.25, 0.3) is 0 Å². The molecular formula is C17H24N4O. The van der Waals surface area contributed by atoms with Crippen molar-refractivity contribution in [2.75, 3.05) is 6.54 Å². The zero-order valence-corrected chi connectivity index (χ0v) is 12.9. The molecule has 3 fully saturated rings. The zero-order valence-electron chi connectivity index (χ0n) is 12.9. The van der Waals surface area contributed by atoms with Crippen LogP contribution < -0.4 is 10.9 Å². The van der Waals surface area contributed by atoms with Gasteiger partial charge in [-0.1, -0.05) is 18.9 Å². The number of carbonyl (C=O) groups excluding carboxylic acids is 1. The van der Waals surface area contributed by atoms with Gasteiger partial charge in [0.1, 0.15) is 6.04 Å². The van der Waals surface area contributed by atoms with Gasteiger partial charge in [0, 0.05) is 24.7 Å². The predicted molar refractivity (Wildman–Crippen MR) is 83.7 cm³/mol. The summed E-state index contributed by atoms with van der Waals surface area (Å²) >= 11 is 0. The Labute approximate surface area is 131 Å². The molecule has 2 aliphatic heterocycles. The Morgan fingerprint density at radius 2 is 2.05 bits per heavy atom. The first-order valence-electron chi connectivity index (χ1n) is 8.57. The largest absolute Gasteiger partial charge is 0.333 e. The highest BCUT2D eigenvalue weighted by Gasteiger charge is 2.44. The molecule has 3 heterocycles. The number of hydrogen-bond acceptors (Lipinski definition) is 4. The first-order chi connectivity index (χ1) is 10.8. The molecule has 0 radical (unpaired) electrons. The number of hydrazine groups is 1. The molecular weight excluding hydrogens is 276 g/mol. The van der Waals surface area contributed by atoms with Crippen molar-refractivity contribution in [1.82, 2.24) is 20.7 Å². The van der Waals surface area contributed by atoms with Gasteiger partial charge in [-0.3, -0.25) is 15.2 Å². The Kier molecular flexibility index (Phi) is 3.84. The predicted octanol–water partition coefficient (Wildman–Crippen LogP) is 1.78. The molecule has 4 unspecified atom stereocenters. The Hall–Kier alpha value is -1.46. The number of pyridine rings is 1. The number of aromatic nitrogens is 1. The molecule has 22 heavy (non-hydrogen) atoms. The van der Waals surface area contributed by atoms with E-state index in [1.54, 1.807) is 0 Å². The average molecular weight is 300 g/mol. The molecule has 1 saturated carbocycles. The Bertz CT molecular complexity index is 535. The highest BCUT2D eigenvalue weighted by molar-refractivity contribution is 5.83. The van der Waals surface area contributed by atoms with Crippen LogP contribution >= 0.6 is 0 Å². The summed E-state index contributed by atoms with van der Waals surface area (Å²) in [5.41, 5.74) is 7.67. The molecule has 118 valence electrons. The van der Waals surface area contributed by atoms with Gasteiger partial charge >= 0.3 is 0 Å². The minimum Gasteiger partial charge on any atom is -0.333 e. The van der Waals surface area contributed by atoms with E-state index in [0.29, 0.717) is 12.0 Å². The quantitative estimate of drug-likeness (QED) is 0.874. The minimum absolute atomic E-state index is 0.0605. The summed E-state index contributed by atoms with van der Waals surface area (Å²) in [5.74, 6) is 0.710. The number of nitrogens with zero attached hydrogens (tertiary/aromatic N) is 2. The van der Waals surface area contributed by atoms with E-state index in [1.165, 1.54) is 19.3 Å². The Morgan fingerprint density at radius 3 is 2.91 bits per heavy atom. The van der Waals surface area contributed by atoms with E-state index in [9.17, 15) is 4.79 Å². The van der Waals surface area contributed by atoms with Gasteiger partial charge in [-0.25, -0.2) is 5.43 Å². The molecule has 1 aromatic heterocycles. The summed E-state index contributed by atoms with van der Waals surface area (Å²) in [6.45, 7) is 0.857.